The SMILES string of the molecule is CC.CC.CNC1(C=O)CCNCC1. The van der Waals surface area contributed by atoms with Crippen molar-refractivity contribution in [1.82, 2.24) is 10.6 Å². The van der Waals surface area contributed by atoms with Gasteiger partial charge in [-0.2, -0.15) is 0 Å². The molecule has 1 aliphatic rings. The zero-order chi connectivity index (χ0) is 11.4. The fourth-order valence-electron chi connectivity index (χ4n) is 1.30. The molecule has 1 aliphatic heterocycles. The van der Waals surface area contributed by atoms with E-state index in [4.69, 9.17) is 0 Å². The van der Waals surface area contributed by atoms with Gasteiger partial charge < -0.3 is 15.4 Å². The lowest BCUT2D eigenvalue weighted by molar-refractivity contribution is -0.114. The molecule has 3 nitrogen and oxygen atoms in total. The van der Waals surface area contributed by atoms with Gasteiger partial charge in [0.05, 0.1) is 5.54 Å². The summed E-state index contributed by atoms with van der Waals surface area (Å²) in [4.78, 5) is 10.6. The number of likely N-dealkylation sites (N-methyl/N-ethyl adjacent to an activating group) is 1. The van der Waals surface area contributed by atoms with E-state index in [1.807, 2.05) is 34.7 Å². The molecule has 3 heteroatoms. The van der Waals surface area contributed by atoms with Crippen molar-refractivity contribution >= 4 is 6.29 Å². The largest absolute Gasteiger partial charge is 0.317 e. The van der Waals surface area contributed by atoms with Crippen LogP contribution in [0, 0.1) is 0 Å². The van der Waals surface area contributed by atoms with Crippen LogP contribution in [0.1, 0.15) is 40.5 Å². The maximum Gasteiger partial charge on any atom is 0.140 e. The normalized spacial score (nSPS) is 18.1. The van der Waals surface area contributed by atoms with Gasteiger partial charge in [-0.25, -0.2) is 0 Å². The van der Waals surface area contributed by atoms with Crippen LogP contribution in [0.2, 0.25) is 0 Å². The molecular formula is C11H26N2O. The van der Waals surface area contributed by atoms with Crippen LogP contribution in [0.5, 0.6) is 0 Å². The van der Waals surface area contributed by atoms with Crippen molar-refractivity contribution in [3.05, 3.63) is 0 Å². The fraction of sp³-hybridized carbons (Fsp3) is 0.909. The minimum Gasteiger partial charge on any atom is -0.317 e. The average Bonchev–Trinajstić information content (AvgIpc) is 2.35. The van der Waals surface area contributed by atoms with Crippen LogP contribution < -0.4 is 10.6 Å². The third-order valence-electron chi connectivity index (χ3n) is 2.22. The summed E-state index contributed by atoms with van der Waals surface area (Å²) in [5.74, 6) is 0. The van der Waals surface area contributed by atoms with Crippen molar-refractivity contribution < 1.29 is 4.79 Å². The molecular weight excluding hydrogens is 176 g/mol. The number of hydrogen-bond acceptors (Lipinski definition) is 3. The van der Waals surface area contributed by atoms with E-state index in [2.05, 4.69) is 10.6 Å². The Morgan fingerprint density at radius 3 is 1.79 bits per heavy atom. The molecule has 0 spiro atoms. The average molecular weight is 202 g/mol. The van der Waals surface area contributed by atoms with E-state index in [1.165, 1.54) is 0 Å². The Labute approximate surface area is 88.7 Å². The van der Waals surface area contributed by atoms with Crippen molar-refractivity contribution in [2.75, 3.05) is 20.1 Å². The fourth-order valence-corrected chi connectivity index (χ4v) is 1.30. The van der Waals surface area contributed by atoms with E-state index in [-0.39, 0.29) is 5.54 Å². The van der Waals surface area contributed by atoms with Gasteiger partial charge in [-0.05, 0) is 33.0 Å². The number of piperidine rings is 1. The number of aldehydes is 1. The highest BCUT2D eigenvalue weighted by Gasteiger charge is 2.28. The predicted molar refractivity (Wildman–Crippen MR) is 62.7 cm³/mol. The molecule has 0 amide bonds. The quantitative estimate of drug-likeness (QED) is 0.668. The Morgan fingerprint density at radius 1 is 1.14 bits per heavy atom. The summed E-state index contributed by atoms with van der Waals surface area (Å²) < 4.78 is 0. The summed E-state index contributed by atoms with van der Waals surface area (Å²) in [5, 5.41) is 6.27. The summed E-state index contributed by atoms with van der Waals surface area (Å²) in [6.45, 7) is 9.89. The summed E-state index contributed by atoms with van der Waals surface area (Å²) in [6.07, 6.45) is 2.86. The van der Waals surface area contributed by atoms with Gasteiger partial charge in [0.2, 0.25) is 0 Å². The van der Waals surface area contributed by atoms with Gasteiger partial charge in [0.1, 0.15) is 6.29 Å². The monoisotopic (exact) mass is 202 g/mol. The van der Waals surface area contributed by atoms with Crippen LogP contribution in [0.4, 0.5) is 0 Å². The van der Waals surface area contributed by atoms with Crippen molar-refractivity contribution in [2.45, 2.75) is 46.1 Å². The molecule has 0 atom stereocenters. The van der Waals surface area contributed by atoms with Crippen molar-refractivity contribution in [3.63, 3.8) is 0 Å². The summed E-state index contributed by atoms with van der Waals surface area (Å²) in [7, 11) is 1.85. The lowest BCUT2D eigenvalue weighted by atomic mass is 9.90. The van der Waals surface area contributed by atoms with Gasteiger partial charge in [-0.3, -0.25) is 0 Å². The van der Waals surface area contributed by atoms with Crippen LogP contribution in [-0.4, -0.2) is 32.0 Å². The maximum absolute atomic E-state index is 10.6. The highest BCUT2D eigenvalue weighted by Crippen LogP contribution is 2.13. The van der Waals surface area contributed by atoms with Crippen LogP contribution in [0.15, 0.2) is 0 Å². The van der Waals surface area contributed by atoms with E-state index in [0.717, 1.165) is 32.2 Å². The van der Waals surface area contributed by atoms with Crippen LogP contribution in [0.25, 0.3) is 0 Å². The molecule has 0 saturated carbocycles. The molecule has 1 rings (SSSR count). The molecule has 14 heavy (non-hydrogen) atoms. The molecule has 0 aromatic heterocycles. The first-order chi connectivity index (χ1) is 6.83. The van der Waals surface area contributed by atoms with Crippen LogP contribution in [0.3, 0.4) is 0 Å². The number of nitrogens with one attached hydrogen (secondary N) is 2. The van der Waals surface area contributed by atoms with Crippen LogP contribution in [-0.2, 0) is 4.79 Å². The highest BCUT2D eigenvalue weighted by molar-refractivity contribution is 5.64. The standard InChI is InChI=1S/C7H14N2O.2C2H6/c1-8-7(6-10)2-4-9-5-3-7;2*1-2/h6,8-9H,2-5H2,1H3;2*1-2H3. The van der Waals surface area contributed by atoms with Gasteiger partial charge in [0.25, 0.3) is 0 Å². The third-order valence-corrected chi connectivity index (χ3v) is 2.22. The maximum atomic E-state index is 10.6. The molecule has 1 saturated heterocycles. The Morgan fingerprint density at radius 2 is 1.57 bits per heavy atom. The van der Waals surface area contributed by atoms with E-state index in [9.17, 15) is 4.79 Å². The van der Waals surface area contributed by atoms with Crippen molar-refractivity contribution in [1.29, 1.82) is 0 Å². The molecule has 1 heterocycles. The van der Waals surface area contributed by atoms with Gasteiger partial charge in [0.15, 0.2) is 0 Å². The second kappa shape index (κ2) is 10.7. The predicted octanol–water partition coefficient (Wildman–Crippen LogP) is 1.58. The molecule has 0 aliphatic carbocycles. The van der Waals surface area contributed by atoms with E-state index >= 15 is 0 Å². The molecule has 0 aromatic carbocycles. The lowest BCUT2D eigenvalue weighted by Gasteiger charge is -2.31. The first kappa shape index (κ1) is 16.0. The molecule has 1 fully saturated rings. The first-order valence-corrected chi connectivity index (χ1v) is 5.69. The molecule has 0 radical (unpaired) electrons. The van der Waals surface area contributed by atoms with E-state index in [0.29, 0.717) is 0 Å². The van der Waals surface area contributed by atoms with Gasteiger partial charge in [-0.15, -0.1) is 0 Å². The smallest absolute Gasteiger partial charge is 0.140 e. The minimum atomic E-state index is -0.231. The topological polar surface area (TPSA) is 41.1 Å². The zero-order valence-corrected chi connectivity index (χ0v) is 10.3. The second-order valence-corrected chi connectivity index (χ2v) is 2.77. The zero-order valence-electron chi connectivity index (χ0n) is 10.3. The number of carbonyl (C=O) groups is 1. The van der Waals surface area contributed by atoms with E-state index < -0.39 is 0 Å². The van der Waals surface area contributed by atoms with Gasteiger partial charge in [0, 0.05) is 0 Å². The van der Waals surface area contributed by atoms with Crippen LogP contribution >= 0.6 is 0 Å². The molecule has 2 N–H and O–H groups in total. The Hall–Kier alpha value is -0.410. The summed E-state index contributed by atoms with van der Waals surface area (Å²) >= 11 is 0. The molecule has 0 bridgehead atoms. The lowest BCUT2D eigenvalue weighted by Crippen LogP contribution is -2.52. The Kier molecular flexibility index (Phi) is 12.2. The van der Waals surface area contributed by atoms with Gasteiger partial charge >= 0.3 is 0 Å². The minimum absolute atomic E-state index is 0.231. The Bertz CT molecular complexity index is 120. The molecule has 0 unspecified atom stereocenters. The number of rotatable bonds is 2. The third kappa shape index (κ3) is 5.35. The van der Waals surface area contributed by atoms with Crippen molar-refractivity contribution in [2.24, 2.45) is 0 Å². The molecule has 0 aromatic rings. The molecule has 86 valence electrons. The Balaban J connectivity index is 0. The van der Waals surface area contributed by atoms with Crippen molar-refractivity contribution in [3.8, 4) is 0 Å². The van der Waals surface area contributed by atoms with E-state index in [1.54, 1.807) is 0 Å². The van der Waals surface area contributed by atoms with Gasteiger partial charge in [-0.1, -0.05) is 27.7 Å². The number of carbonyl (C=O) groups excluding carboxylic acids is 1. The summed E-state index contributed by atoms with van der Waals surface area (Å²) in [5.41, 5.74) is -0.231. The highest BCUT2D eigenvalue weighted by atomic mass is 16.1. The first-order valence-electron chi connectivity index (χ1n) is 5.69. The summed E-state index contributed by atoms with van der Waals surface area (Å²) in [6, 6.07) is 0. The second-order valence-electron chi connectivity index (χ2n) is 2.77. The number of hydrogen-bond donors (Lipinski definition) is 2.